The zero-order chi connectivity index (χ0) is 16.5. The fraction of sp³-hybridized carbons (Fsp3) is 0.235. The first kappa shape index (κ1) is 15.1. The minimum Gasteiger partial charge on any atom is -0.378 e. The van der Waals surface area contributed by atoms with Crippen molar-refractivity contribution in [1.29, 1.82) is 5.26 Å². The van der Waals surface area contributed by atoms with Gasteiger partial charge in [-0.25, -0.2) is 9.50 Å². The molecule has 1 aliphatic heterocycles. The van der Waals surface area contributed by atoms with E-state index in [0.717, 1.165) is 53.2 Å². The second kappa shape index (κ2) is 6.23. The minimum absolute atomic E-state index is 0.550. The molecule has 1 aliphatic rings. The van der Waals surface area contributed by atoms with Crippen LogP contribution in [-0.4, -0.2) is 40.9 Å². The number of fused-ring (bicyclic) bond motifs is 1. The Morgan fingerprint density at radius 3 is 2.71 bits per heavy atom. The molecule has 24 heavy (non-hydrogen) atoms. The largest absolute Gasteiger partial charge is 0.378 e. The van der Waals surface area contributed by atoms with Crippen molar-refractivity contribution in [3.8, 4) is 17.2 Å². The van der Waals surface area contributed by atoms with Gasteiger partial charge in [0.15, 0.2) is 0 Å². The number of morpholine rings is 1. The van der Waals surface area contributed by atoms with Crippen LogP contribution in [0.25, 0.3) is 16.6 Å². The first-order chi connectivity index (χ1) is 11.8. The van der Waals surface area contributed by atoms with Crippen molar-refractivity contribution < 1.29 is 4.74 Å². The molecule has 0 amide bonds. The van der Waals surface area contributed by atoms with Gasteiger partial charge in [0.2, 0.25) is 0 Å². The number of nitrogens with zero attached hydrogens (tertiary/aromatic N) is 5. The Kier molecular flexibility index (Phi) is 3.92. The maximum atomic E-state index is 9.14. The molecule has 7 heteroatoms. The second-order valence-corrected chi connectivity index (χ2v) is 6.40. The lowest BCUT2D eigenvalue weighted by molar-refractivity contribution is 0.122. The molecular formula is C17H14BrN5O. The van der Waals surface area contributed by atoms with Crippen molar-refractivity contribution in [3.63, 3.8) is 0 Å². The molecule has 0 N–H and O–H groups in total. The quantitative estimate of drug-likeness (QED) is 0.680. The monoisotopic (exact) mass is 383 g/mol. The molecule has 1 saturated heterocycles. The standard InChI is InChI=1S/C17H14BrN5O/c18-15-7-13(11-23-17(15)14(8-19)10-21-23)12-1-2-16(20-9-12)22-3-5-24-6-4-22/h1-2,7,9-11H,3-6H2. The Labute approximate surface area is 147 Å². The molecule has 0 aliphatic carbocycles. The first-order valence-electron chi connectivity index (χ1n) is 7.62. The van der Waals surface area contributed by atoms with Gasteiger partial charge in [0, 0.05) is 41.1 Å². The fourth-order valence-corrected chi connectivity index (χ4v) is 3.49. The predicted octanol–water partition coefficient (Wildman–Crippen LogP) is 2.87. The third-order valence-electron chi connectivity index (χ3n) is 4.10. The lowest BCUT2D eigenvalue weighted by Gasteiger charge is -2.27. The third kappa shape index (κ3) is 2.64. The molecule has 3 aromatic rings. The van der Waals surface area contributed by atoms with Crippen LogP contribution in [0.5, 0.6) is 0 Å². The number of halogens is 1. The first-order valence-corrected chi connectivity index (χ1v) is 8.41. The molecule has 3 aromatic heterocycles. The third-order valence-corrected chi connectivity index (χ3v) is 4.71. The van der Waals surface area contributed by atoms with E-state index in [1.807, 2.05) is 24.5 Å². The van der Waals surface area contributed by atoms with Crippen LogP contribution in [0.2, 0.25) is 0 Å². The number of aromatic nitrogens is 3. The minimum atomic E-state index is 0.550. The van der Waals surface area contributed by atoms with E-state index in [-0.39, 0.29) is 0 Å². The van der Waals surface area contributed by atoms with Gasteiger partial charge in [-0.2, -0.15) is 10.4 Å². The van der Waals surface area contributed by atoms with E-state index in [2.05, 4.69) is 43.0 Å². The lowest BCUT2D eigenvalue weighted by Crippen LogP contribution is -2.36. The maximum Gasteiger partial charge on any atom is 0.128 e. The van der Waals surface area contributed by atoms with Crippen molar-refractivity contribution >= 4 is 27.3 Å². The molecule has 0 spiro atoms. The normalized spacial score (nSPS) is 14.8. The van der Waals surface area contributed by atoms with E-state index < -0.39 is 0 Å². The van der Waals surface area contributed by atoms with Crippen molar-refractivity contribution in [2.45, 2.75) is 0 Å². The van der Waals surface area contributed by atoms with Crippen LogP contribution in [0.1, 0.15) is 5.56 Å². The van der Waals surface area contributed by atoms with Crippen LogP contribution in [0.4, 0.5) is 5.82 Å². The summed E-state index contributed by atoms with van der Waals surface area (Å²) in [6, 6.07) is 8.23. The van der Waals surface area contributed by atoms with Crippen molar-refractivity contribution in [1.82, 2.24) is 14.6 Å². The predicted molar refractivity (Wildman–Crippen MR) is 93.9 cm³/mol. The van der Waals surface area contributed by atoms with Gasteiger partial charge in [-0.05, 0) is 34.1 Å². The van der Waals surface area contributed by atoms with E-state index in [0.29, 0.717) is 5.56 Å². The summed E-state index contributed by atoms with van der Waals surface area (Å²) >= 11 is 3.54. The number of ether oxygens (including phenoxy) is 1. The van der Waals surface area contributed by atoms with E-state index in [9.17, 15) is 0 Å². The van der Waals surface area contributed by atoms with Gasteiger partial charge in [0.25, 0.3) is 0 Å². The summed E-state index contributed by atoms with van der Waals surface area (Å²) in [6.07, 6.45) is 5.35. The molecule has 1 fully saturated rings. The molecule has 120 valence electrons. The summed E-state index contributed by atoms with van der Waals surface area (Å²) < 4.78 is 7.93. The van der Waals surface area contributed by atoms with E-state index in [1.165, 1.54) is 0 Å². The van der Waals surface area contributed by atoms with Crippen LogP contribution in [0, 0.1) is 11.3 Å². The van der Waals surface area contributed by atoms with Crippen LogP contribution in [0.15, 0.2) is 41.3 Å². The molecule has 4 heterocycles. The topological polar surface area (TPSA) is 66.5 Å². The van der Waals surface area contributed by atoms with E-state index in [4.69, 9.17) is 10.00 Å². The smallest absolute Gasteiger partial charge is 0.128 e. The average molecular weight is 384 g/mol. The molecule has 0 unspecified atom stereocenters. The number of rotatable bonds is 2. The highest BCUT2D eigenvalue weighted by Gasteiger charge is 2.13. The Balaban J connectivity index is 1.68. The molecule has 0 saturated carbocycles. The van der Waals surface area contributed by atoms with Crippen molar-refractivity contribution in [2.24, 2.45) is 0 Å². The number of pyridine rings is 2. The van der Waals surface area contributed by atoms with E-state index >= 15 is 0 Å². The van der Waals surface area contributed by atoms with Crippen molar-refractivity contribution in [3.05, 3.63) is 46.8 Å². The molecule has 0 atom stereocenters. The van der Waals surface area contributed by atoms with Gasteiger partial charge in [-0.1, -0.05) is 0 Å². The van der Waals surface area contributed by atoms with Gasteiger partial charge in [0.1, 0.15) is 11.9 Å². The summed E-state index contributed by atoms with van der Waals surface area (Å²) in [7, 11) is 0. The summed E-state index contributed by atoms with van der Waals surface area (Å²) in [5, 5.41) is 13.4. The Bertz CT molecular complexity index is 923. The zero-order valence-electron chi connectivity index (χ0n) is 12.8. The van der Waals surface area contributed by atoms with Crippen molar-refractivity contribution in [2.75, 3.05) is 31.2 Å². The Hall–Kier alpha value is -2.43. The highest BCUT2D eigenvalue weighted by atomic mass is 79.9. The number of hydrogen-bond acceptors (Lipinski definition) is 5. The highest BCUT2D eigenvalue weighted by Crippen LogP contribution is 2.28. The van der Waals surface area contributed by atoms with Crippen LogP contribution >= 0.6 is 15.9 Å². The van der Waals surface area contributed by atoms with Gasteiger partial charge < -0.3 is 9.64 Å². The molecular weight excluding hydrogens is 370 g/mol. The summed E-state index contributed by atoms with van der Waals surface area (Å²) in [5.41, 5.74) is 3.32. The number of hydrogen-bond donors (Lipinski definition) is 0. The SMILES string of the molecule is N#Cc1cnn2cc(-c3ccc(N4CCOCC4)nc3)cc(Br)c12. The lowest BCUT2D eigenvalue weighted by atomic mass is 10.1. The maximum absolute atomic E-state index is 9.14. The second-order valence-electron chi connectivity index (χ2n) is 5.54. The van der Waals surface area contributed by atoms with Gasteiger partial charge in [-0.3, -0.25) is 0 Å². The number of anilines is 1. The Morgan fingerprint density at radius 2 is 2.00 bits per heavy atom. The Morgan fingerprint density at radius 1 is 1.17 bits per heavy atom. The summed E-state index contributed by atoms with van der Waals surface area (Å²) in [6.45, 7) is 3.23. The van der Waals surface area contributed by atoms with Gasteiger partial charge >= 0.3 is 0 Å². The zero-order valence-corrected chi connectivity index (χ0v) is 14.4. The molecule has 0 radical (unpaired) electrons. The van der Waals surface area contributed by atoms with Crippen LogP contribution in [0.3, 0.4) is 0 Å². The molecule has 0 bridgehead atoms. The van der Waals surface area contributed by atoms with Gasteiger partial charge in [-0.15, -0.1) is 0 Å². The fourth-order valence-electron chi connectivity index (χ4n) is 2.85. The van der Waals surface area contributed by atoms with E-state index in [1.54, 1.807) is 10.7 Å². The van der Waals surface area contributed by atoms with Crippen LogP contribution < -0.4 is 4.90 Å². The van der Waals surface area contributed by atoms with Crippen LogP contribution in [-0.2, 0) is 4.74 Å². The molecule has 4 rings (SSSR count). The summed E-state index contributed by atoms with van der Waals surface area (Å²) in [5.74, 6) is 0.966. The number of nitriles is 1. The molecule has 0 aromatic carbocycles. The molecule has 6 nitrogen and oxygen atoms in total. The average Bonchev–Trinajstić information content (AvgIpc) is 3.06. The summed E-state index contributed by atoms with van der Waals surface area (Å²) in [4.78, 5) is 6.80. The van der Waals surface area contributed by atoms with Gasteiger partial charge in [0.05, 0.1) is 30.5 Å². The highest BCUT2D eigenvalue weighted by molar-refractivity contribution is 9.10.